The molecule has 0 bridgehead atoms. The Morgan fingerprint density at radius 3 is 2.23 bits per heavy atom. The summed E-state index contributed by atoms with van der Waals surface area (Å²) < 4.78 is 12.9. The van der Waals surface area contributed by atoms with Gasteiger partial charge in [-0.05, 0) is 49.9 Å². The average molecular weight is 304 g/mol. The van der Waals surface area contributed by atoms with Crippen molar-refractivity contribution in [3.8, 4) is 0 Å². The lowest BCUT2D eigenvalue weighted by molar-refractivity contribution is -0.139. The van der Waals surface area contributed by atoms with Gasteiger partial charge in [0.25, 0.3) is 5.91 Å². The number of carbonyl (C=O) groups excluding carboxylic acids is 2. The van der Waals surface area contributed by atoms with E-state index >= 15 is 0 Å². The highest BCUT2D eigenvalue weighted by atomic mass is 19.1. The molecule has 1 saturated carbocycles. The lowest BCUT2D eigenvalue weighted by atomic mass is 9.84. The minimum atomic E-state index is -0.348. The highest BCUT2D eigenvalue weighted by Crippen LogP contribution is 2.29. The quantitative estimate of drug-likeness (QED) is 0.932. The summed E-state index contributed by atoms with van der Waals surface area (Å²) >= 11 is 0. The molecule has 0 atom stereocenters. The zero-order valence-electron chi connectivity index (χ0n) is 12.6. The molecule has 3 rings (SSSR count). The predicted molar refractivity (Wildman–Crippen MR) is 80.8 cm³/mol. The van der Waals surface area contributed by atoms with E-state index < -0.39 is 0 Å². The fourth-order valence-corrected chi connectivity index (χ4v) is 3.03. The Labute approximate surface area is 129 Å². The molecule has 1 aliphatic heterocycles. The van der Waals surface area contributed by atoms with E-state index in [1.807, 2.05) is 4.90 Å². The molecule has 0 unspecified atom stereocenters. The molecule has 1 aromatic carbocycles. The predicted octanol–water partition coefficient (Wildman–Crippen LogP) is 2.35. The summed E-state index contributed by atoms with van der Waals surface area (Å²) in [6.07, 6.45) is 4.79. The van der Waals surface area contributed by atoms with E-state index in [0.29, 0.717) is 18.7 Å². The molecule has 0 spiro atoms. The third kappa shape index (κ3) is 3.29. The topological polar surface area (TPSA) is 49.4 Å². The third-order valence-electron chi connectivity index (χ3n) is 4.70. The van der Waals surface area contributed by atoms with Crippen LogP contribution in [0.5, 0.6) is 0 Å². The first kappa shape index (κ1) is 15.0. The number of amides is 2. The van der Waals surface area contributed by atoms with Gasteiger partial charge in [0, 0.05) is 30.6 Å². The molecule has 2 amide bonds. The standard InChI is InChI=1S/C17H21FN2O2/c18-14-6-4-12(5-7-14)16(21)19-15-8-10-20(11-9-15)17(22)13-2-1-3-13/h4-7,13,15H,1-3,8-11H2,(H,19,21). The van der Waals surface area contributed by atoms with Crippen molar-refractivity contribution < 1.29 is 14.0 Å². The first-order chi connectivity index (χ1) is 10.6. The molecule has 0 aromatic heterocycles. The van der Waals surface area contributed by atoms with Gasteiger partial charge in [-0.3, -0.25) is 9.59 Å². The number of hydrogen-bond donors (Lipinski definition) is 1. The number of carbonyl (C=O) groups is 2. The summed E-state index contributed by atoms with van der Waals surface area (Å²) in [5.41, 5.74) is 0.467. The van der Waals surface area contributed by atoms with Crippen LogP contribution in [0.25, 0.3) is 0 Å². The van der Waals surface area contributed by atoms with Gasteiger partial charge in [-0.15, -0.1) is 0 Å². The molecule has 118 valence electrons. The second-order valence-corrected chi connectivity index (χ2v) is 6.21. The highest BCUT2D eigenvalue weighted by molar-refractivity contribution is 5.94. The van der Waals surface area contributed by atoms with E-state index in [1.165, 1.54) is 30.7 Å². The monoisotopic (exact) mass is 304 g/mol. The van der Waals surface area contributed by atoms with Crippen LogP contribution < -0.4 is 5.32 Å². The zero-order chi connectivity index (χ0) is 15.5. The van der Waals surface area contributed by atoms with E-state index in [4.69, 9.17) is 0 Å². The molecular weight excluding hydrogens is 283 g/mol. The Balaban J connectivity index is 1.48. The van der Waals surface area contributed by atoms with Gasteiger partial charge in [0.15, 0.2) is 0 Å². The number of nitrogens with zero attached hydrogens (tertiary/aromatic N) is 1. The Morgan fingerprint density at radius 2 is 1.68 bits per heavy atom. The Morgan fingerprint density at radius 1 is 1.05 bits per heavy atom. The van der Waals surface area contributed by atoms with Crippen LogP contribution in [0.1, 0.15) is 42.5 Å². The molecule has 0 radical (unpaired) electrons. The zero-order valence-corrected chi connectivity index (χ0v) is 12.6. The largest absolute Gasteiger partial charge is 0.349 e. The van der Waals surface area contributed by atoms with E-state index in [0.717, 1.165) is 25.7 Å². The fraction of sp³-hybridized carbons (Fsp3) is 0.529. The minimum absolute atomic E-state index is 0.0861. The van der Waals surface area contributed by atoms with Crippen molar-refractivity contribution >= 4 is 11.8 Å². The van der Waals surface area contributed by atoms with Gasteiger partial charge in [-0.25, -0.2) is 4.39 Å². The van der Waals surface area contributed by atoms with Gasteiger partial charge >= 0.3 is 0 Å². The van der Waals surface area contributed by atoms with Gasteiger partial charge < -0.3 is 10.2 Å². The van der Waals surface area contributed by atoms with Crippen molar-refractivity contribution in [2.75, 3.05) is 13.1 Å². The molecule has 4 nitrogen and oxygen atoms in total. The summed E-state index contributed by atoms with van der Waals surface area (Å²) in [6, 6.07) is 5.63. The van der Waals surface area contributed by atoms with Crippen molar-refractivity contribution in [2.45, 2.75) is 38.1 Å². The van der Waals surface area contributed by atoms with Gasteiger partial charge in [-0.1, -0.05) is 6.42 Å². The molecule has 2 aliphatic rings. The number of benzene rings is 1. The van der Waals surface area contributed by atoms with E-state index in [9.17, 15) is 14.0 Å². The molecule has 22 heavy (non-hydrogen) atoms. The average Bonchev–Trinajstić information content (AvgIpc) is 2.46. The molecule has 1 saturated heterocycles. The molecular formula is C17H21FN2O2. The highest BCUT2D eigenvalue weighted by Gasteiger charge is 2.31. The minimum Gasteiger partial charge on any atom is -0.349 e. The first-order valence-corrected chi connectivity index (χ1v) is 7.99. The van der Waals surface area contributed by atoms with Crippen molar-refractivity contribution in [2.24, 2.45) is 5.92 Å². The maximum atomic E-state index is 12.9. The molecule has 1 aromatic rings. The van der Waals surface area contributed by atoms with Crippen LogP contribution in [0.4, 0.5) is 4.39 Å². The molecule has 2 fully saturated rings. The summed E-state index contributed by atoms with van der Waals surface area (Å²) in [6.45, 7) is 1.42. The van der Waals surface area contributed by atoms with Crippen molar-refractivity contribution in [3.05, 3.63) is 35.6 Å². The SMILES string of the molecule is O=C(NC1CCN(C(=O)C2CCC2)CC1)c1ccc(F)cc1. The van der Waals surface area contributed by atoms with Gasteiger partial charge in [0.1, 0.15) is 5.82 Å². The fourth-order valence-electron chi connectivity index (χ4n) is 3.03. The smallest absolute Gasteiger partial charge is 0.251 e. The van der Waals surface area contributed by atoms with E-state index in [2.05, 4.69) is 5.32 Å². The van der Waals surface area contributed by atoms with Crippen LogP contribution >= 0.6 is 0 Å². The summed E-state index contributed by atoms with van der Waals surface area (Å²) in [7, 11) is 0. The number of halogens is 1. The number of piperidine rings is 1. The van der Waals surface area contributed by atoms with Crippen molar-refractivity contribution in [1.29, 1.82) is 0 Å². The van der Waals surface area contributed by atoms with Gasteiger partial charge in [-0.2, -0.15) is 0 Å². The van der Waals surface area contributed by atoms with Gasteiger partial charge in [0.05, 0.1) is 0 Å². The molecule has 5 heteroatoms. The Kier molecular flexibility index (Phi) is 4.41. The molecule has 1 N–H and O–H groups in total. The van der Waals surface area contributed by atoms with Crippen LogP contribution in [-0.4, -0.2) is 35.8 Å². The lowest BCUT2D eigenvalue weighted by Crippen LogP contribution is -2.48. The van der Waals surface area contributed by atoms with Crippen molar-refractivity contribution in [3.63, 3.8) is 0 Å². The van der Waals surface area contributed by atoms with Crippen LogP contribution in [-0.2, 0) is 4.79 Å². The Hall–Kier alpha value is -1.91. The normalized spacial score (nSPS) is 19.6. The second-order valence-electron chi connectivity index (χ2n) is 6.21. The van der Waals surface area contributed by atoms with Crippen LogP contribution in [0.15, 0.2) is 24.3 Å². The first-order valence-electron chi connectivity index (χ1n) is 7.99. The number of likely N-dealkylation sites (tertiary alicyclic amines) is 1. The number of rotatable bonds is 3. The summed E-state index contributed by atoms with van der Waals surface area (Å²) in [4.78, 5) is 26.2. The maximum Gasteiger partial charge on any atom is 0.251 e. The number of hydrogen-bond acceptors (Lipinski definition) is 2. The molecule has 1 heterocycles. The van der Waals surface area contributed by atoms with E-state index in [-0.39, 0.29) is 29.6 Å². The second kappa shape index (κ2) is 6.46. The maximum absolute atomic E-state index is 12.9. The summed E-state index contributed by atoms with van der Waals surface area (Å²) in [5.74, 6) is 0.00283. The molecule has 1 aliphatic carbocycles. The van der Waals surface area contributed by atoms with Crippen molar-refractivity contribution in [1.82, 2.24) is 10.2 Å². The number of nitrogens with one attached hydrogen (secondary N) is 1. The van der Waals surface area contributed by atoms with Crippen LogP contribution in [0, 0.1) is 11.7 Å². The van der Waals surface area contributed by atoms with Crippen LogP contribution in [0.2, 0.25) is 0 Å². The van der Waals surface area contributed by atoms with Gasteiger partial charge in [0.2, 0.25) is 5.91 Å². The Bertz CT molecular complexity index is 546. The van der Waals surface area contributed by atoms with Crippen LogP contribution in [0.3, 0.4) is 0 Å². The van der Waals surface area contributed by atoms with E-state index in [1.54, 1.807) is 0 Å². The third-order valence-corrected chi connectivity index (χ3v) is 4.70. The summed E-state index contributed by atoms with van der Waals surface area (Å²) in [5, 5.41) is 2.97. The lowest BCUT2D eigenvalue weighted by Gasteiger charge is -2.36.